The molecule has 0 radical (unpaired) electrons. The van der Waals surface area contributed by atoms with Crippen LogP contribution in [0.5, 0.6) is 0 Å². The van der Waals surface area contributed by atoms with E-state index < -0.39 is 0 Å². The monoisotopic (exact) mass is 195 g/mol. The van der Waals surface area contributed by atoms with Gasteiger partial charge in [0.2, 0.25) is 5.91 Å². The Labute approximate surface area is 82.0 Å². The minimum absolute atomic E-state index is 0.0301. The van der Waals surface area contributed by atoms with Gasteiger partial charge in [-0.25, -0.2) is 0 Å². The number of hydrogen-bond acceptors (Lipinski definition) is 1. The second-order valence-electron chi connectivity index (χ2n) is 3.36. The Hall–Kier alpha value is -1.02. The van der Waals surface area contributed by atoms with Gasteiger partial charge in [-0.1, -0.05) is 23.3 Å². The molecule has 13 heavy (non-hydrogen) atoms. The largest absolute Gasteiger partial charge is 0.325 e. The fourth-order valence-electron chi connectivity index (χ4n) is 1.54. The highest BCUT2D eigenvalue weighted by molar-refractivity contribution is 6.32. The summed E-state index contributed by atoms with van der Waals surface area (Å²) in [5.41, 5.74) is 3.02. The van der Waals surface area contributed by atoms with Gasteiger partial charge in [0.1, 0.15) is 0 Å². The molecular weight excluding hydrogens is 186 g/mol. The zero-order valence-electron chi connectivity index (χ0n) is 7.36. The minimum Gasteiger partial charge on any atom is -0.325 e. The van der Waals surface area contributed by atoms with Gasteiger partial charge in [-0.3, -0.25) is 4.79 Å². The van der Waals surface area contributed by atoms with Gasteiger partial charge >= 0.3 is 0 Å². The van der Waals surface area contributed by atoms with Gasteiger partial charge in [0.15, 0.2) is 0 Å². The number of carbonyl (C=O) groups is 1. The van der Waals surface area contributed by atoms with Crippen LogP contribution in [0.2, 0.25) is 0 Å². The highest BCUT2D eigenvalue weighted by Gasteiger charge is 2.22. The molecule has 0 fully saturated rings. The lowest BCUT2D eigenvalue weighted by Crippen LogP contribution is -2.13. The van der Waals surface area contributed by atoms with Crippen LogP contribution in [-0.4, -0.2) is 5.91 Å². The molecule has 68 valence electrons. The summed E-state index contributed by atoms with van der Waals surface area (Å²) in [5.74, 6) is 0.0301. The van der Waals surface area contributed by atoms with Gasteiger partial charge in [-0.15, -0.1) is 0 Å². The van der Waals surface area contributed by atoms with Crippen LogP contribution >= 0.6 is 11.6 Å². The molecule has 2 aliphatic rings. The number of allylic oxidation sites excluding steroid dienone is 4. The average Bonchev–Trinajstić information content (AvgIpc) is 2.37. The first-order valence-corrected chi connectivity index (χ1v) is 4.61. The third-order valence-corrected chi connectivity index (χ3v) is 2.60. The zero-order chi connectivity index (χ0) is 9.42. The Morgan fingerprint density at radius 2 is 2.31 bits per heavy atom. The van der Waals surface area contributed by atoms with Crippen LogP contribution in [0.1, 0.15) is 19.8 Å². The van der Waals surface area contributed by atoms with Gasteiger partial charge in [-0.05, 0) is 19.4 Å². The van der Waals surface area contributed by atoms with E-state index in [4.69, 9.17) is 11.6 Å². The van der Waals surface area contributed by atoms with E-state index in [1.807, 2.05) is 19.1 Å². The second kappa shape index (κ2) is 3.04. The topological polar surface area (TPSA) is 29.1 Å². The van der Waals surface area contributed by atoms with Crippen molar-refractivity contribution in [1.29, 1.82) is 0 Å². The van der Waals surface area contributed by atoms with Crippen LogP contribution < -0.4 is 5.32 Å². The molecule has 1 aliphatic heterocycles. The Morgan fingerprint density at radius 3 is 3.08 bits per heavy atom. The lowest BCUT2D eigenvalue weighted by Gasteiger charge is -1.97. The summed E-state index contributed by atoms with van der Waals surface area (Å²) < 4.78 is 0. The quantitative estimate of drug-likeness (QED) is 0.631. The molecule has 0 atom stereocenters. The summed E-state index contributed by atoms with van der Waals surface area (Å²) in [4.78, 5) is 11.1. The van der Waals surface area contributed by atoms with Crippen LogP contribution in [0.3, 0.4) is 0 Å². The van der Waals surface area contributed by atoms with Crippen LogP contribution in [-0.2, 0) is 4.79 Å². The second-order valence-corrected chi connectivity index (χ2v) is 3.77. The summed E-state index contributed by atoms with van der Waals surface area (Å²) in [5, 5.41) is 3.51. The minimum atomic E-state index is 0.0301. The standard InChI is InChI=1S/C10H10ClNO/c1-6-2-3-8(11)7-5-10(13)12-9(7)4-6/h3-4H,2,5H2,1H3,(H,12,13). The van der Waals surface area contributed by atoms with Crippen LogP contribution in [0.25, 0.3) is 0 Å². The maximum Gasteiger partial charge on any atom is 0.228 e. The average molecular weight is 196 g/mol. The van der Waals surface area contributed by atoms with E-state index in [9.17, 15) is 4.79 Å². The molecule has 1 amide bonds. The molecule has 0 aromatic carbocycles. The van der Waals surface area contributed by atoms with E-state index in [2.05, 4.69) is 5.32 Å². The Balaban J connectivity index is 2.44. The van der Waals surface area contributed by atoms with Crippen LogP contribution in [0.4, 0.5) is 0 Å². The van der Waals surface area contributed by atoms with E-state index in [1.165, 1.54) is 5.57 Å². The summed E-state index contributed by atoms with van der Waals surface area (Å²) in [6.07, 6.45) is 5.22. The van der Waals surface area contributed by atoms with Gasteiger partial charge in [0, 0.05) is 16.3 Å². The lowest BCUT2D eigenvalue weighted by molar-refractivity contribution is -0.118. The van der Waals surface area contributed by atoms with Gasteiger partial charge in [0.25, 0.3) is 0 Å². The molecule has 1 N–H and O–H groups in total. The number of hydrogen-bond donors (Lipinski definition) is 1. The fraction of sp³-hybridized carbons (Fsp3) is 0.300. The lowest BCUT2D eigenvalue weighted by atomic mass is 10.2. The molecule has 0 saturated heterocycles. The maximum absolute atomic E-state index is 11.1. The van der Waals surface area contributed by atoms with E-state index in [1.54, 1.807) is 0 Å². The molecule has 2 rings (SSSR count). The van der Waals surface area contributed by atoms with Crippen molar-refractivity contribution in [3.05, 3.63) is 34.0 Å². The first kappa shape index (κ1) is 8.57. The smallest absolute Gasteiger partial charge is 0.228 e. The summed E-state index contributed by atoms with van der Waals surface area (Å²) in [6.45, 7) is 2.03. The summed E-state index contributed by atoms with van der Waals surface area (Å²) in [7, 11) is 0. The third-order valence-electron chi connectivity index (χ3n) is 2.22. The van der Waals surface area contributed by atoms with Gasteiger partial charge < -0.3 is 5.32 Å². The van der Waals surface area contributed by atoms with Crippen molar-refractivity contribution in [2.75, 3.05) is 0 Å². The predicted molar refractivity (Wildman–Crippen MR) is 52.1 cm³/mol. The van der Waals surface area contributed by atoms with E-state index in [-0.39, 0.29) is 5.91 Å². The van der Waals surface area contributed by atoms with E-state index >= 15 is 0 Å². The number of rotatable bonds is 0. The van der Waals surface area contributed by atoms with Crippen molar-refractivity contribution in [2.24, 2.45) is 0 Å². The third kappa shape index (κ3) is 1.54. The highest BCUT2D eigenvalue weighted by atomic mass is 35.5. The molecule has 0 bridgehead atoms. The number of halogens is 1. The zero-order valence-corrected chi connectivity index (χ0v) is 8.11. The molecule has 0 unspecified atom stereocenters. The molecule has 2 nitrogen and oxygen atoms in total. The fourth-order valence-corrected chi connectivity index (χ4v) is 1.79. The molecule has 1 heterocycles. The molecule has 1 aliphatic carbocycles. The first-order chi connectivity index (χ1) is 6.16. The van der Waals surface area contributed by atoms with Crippen molar-refractivity contribution in [3.63, 3.8) is 0 Å². The summed E-state index contributed by atoms with van der Waals surface area (Å²) in [6, 6.07) is 0. The molecule has 0 aromatic heterocycles. The van der Waals surface area contributed by atoms with Crippen LogP contribution in [0.15, 0.2) is 34.0 Å². The predicted octanol–water partition coefficient (Wildman–Crippen LogP) is 2.23. The summed E-state index contributed by atoms with van der Waals surface area (Å²) >= 11 is 6.03. The Kier molecular flexibility index (Phi) is 2.00. The van der Waals surface area contributed by atoms with Gasteiger partial charge in [-0.2, -0.15) is 0 Å². The van der Waals surface area contributed by atoms with Crippen molar-refractivity contribution in [2.45, 2.75) is 19.8 Å². The van der Waals surface area contributed by atoms with Crippen molar-refractivity contribution >= 4 is 17.5 Å². The molecule has 3 heteroatoms. The van der Waals surface area contributed by atoms with Crippen LogP contribution in [0, 0.1) is 0 Å². The Bertz CT molecular complexity index is 363. The maximum atomic E-state index is 11.1. The Morgan fingerprint density at radius 1 is 1.54 bits per heavy atom. The molecule has 0 saturated carbocycles. The van der Waals surface area contributed by atoms with Crippen molar-refractivity contribution < 1.29 is 4.79 Å². The molecular formula is C10H10ClNO. The van der Waals surface area contributed by atoms with Crippen molar-refractivity contribution in [3.8, 4) is 0 Å². The number of nitrogens with one attached hydrogen (secondary N) is 1. The number of amides is 1. The normalized spacial score (nSPS) is 21.8. The molecule has 0 spiro atoms. The van der Waals surface area contributed by atoms with E-state index in [0.29, 0.717) is 11.5 Å². The van der Waals surface area contributed by atoms with Crippen molar-refractivity contribution in [1.82, 2.24) is 5.32 Å². The highest BCUT2D eigenvalue weighted by Crippen LogP contribution is 2.30. The number of carbonyl (C=O) groups excluding carboxylic acids is 1. The van der Waals surface area contributed by atoms with E-state index in [0.717, 1.165) is 17.7 Å². The van der Waals surface area contributed by atoms with Gasteiger partial charge in [0.05, 0.1) is 6.42 Å². The molecule has 0 aromatic rings. The first-order valence-electron chi connectivity index (χ1n) is 4.23. The SMILES string of the molecule is CC1=CC2=C(CC(=O)N2)C(Cl)=CC1.